The third kappa shape index (κ3) is 5.40. The highest BCUT2D eigenvalue weighted by Gasteiger charge is 2.27. The Kier molecular flexibility index (Phi) is 5.64. The largest absolute Gasteiger partial charge is 0.493 e. The predicted molar refractivity (Wildman–Crippen MR) is 89.1 cm³/mol. The van der Waals surface area contributed by atoms with Crippen molar-refractivity contribution >= 4 is 11.8 Å². The third-order valence-corrected chi connectivity index (χ3v) is 3.78. The molecule has 0 spiro atoms. The molecule has 0 bridgehead atoms. The number of ether oxygens (including phenoxy) is 2. The minimum atomic E-state index is -0.487. The third-order valence-electron chi connectivity index (χ3n) is 3.78. The Morgan fingerprint density at radius 3 is 2.58 bits per heavy atom. The van der Waals surface area contributed by atoms with Crippen LogP contribution in [0.25, 0.3) is 0 Å². The van der Waals surface area contributed by atoms with Crippen LogP contribution >= 0.6 is 0 Å². The second-order valence-corrected chi connectivity index (χ2v) is 6.98. The van der Waals surface area contributed by atoms with Crippen LogP contribution in [-0.4, -0.2) is 41.2 Å². The van der Waals surface area contributed by atoms with Gasteiger partial charge in [0.1, 0.15) is 11.4 Å². The Morgan fingerprint density at radius 2 is 2.00 bits per heavy atom. The number of rotatable bonds is 4. The van der Waals surface area contributed by atoms with E-state index in [0.717, 1.165) is 12.8 Å². The standard InChI is InChI=1S/C17H24N2O5/c1-17(2,3)24-16(20)18-9-7-13(8-10-18)12-23-15-6-4-5-14(11-15)19(21)22/h4-6,11,13H,7-10,12H2,1-3H3. The summed E-state index contributed by atoms with van der Waals surface area (Å²) in [5.74, 6) is 0.821. The number of nitro groups is 1. The first-order chi connectivity index (χ1) is 11.2. The summed E-state index contributed by atoms with van der Waals surface area (Å²) in [5.41, 5.74) is -0.466. The van der Waals surface area contributed by atoms with Gasteiger partial charge in [0.25, 0.3) is 5.69 Å². The summed E-state index contributed by atoms with van der Waals surface area (Å²) in [4.78, 5) is 24.0. The van der Waals surface area contributed by atoms with Crippen molar-refractivity contribution in [3.05, 3.63) is 34.4 Å². The van der Waals surface area contributed by atoms with Crippen LogP contribution in [0.5, 0.6) is 5.75 Å². The fourth-order valence-electron chi connectivity index (χ4n) is 2.51. The minimum Gasteiger partial charge on any atom is -0.493 e. The van der Waals surface area contributed by atoms with Gasteiger partial charge in [-0.05, 0) is 45.6 Å². The average molecular weight is 336 g/mol. The molecule has 1 saturated heterocycles. The molecule has 1 fully saturated rings. The normalized spacial score (nSPS) is 15.9. The van der Waals surface area contributed by atoms with Gasteiger partial charge in [-0.25, -0.2) is 4.79 Å². The fourth-order valence-corrected chi connectivity index (χ4v) is 2.51. The number of non-ortho nitro benzene ring substituents is 1. The molecule has 1 aromatic rings. The summed E-state index contributed by atoms with van der Waals surface area (Å²) in [6, 6.07) is 6.18. The summed E-state index contributed by atoms with van der Waals surface area (Å²) < 4.78 is 11.0. The van der Waals surface area contributed by atoms with Gasteiger partial charge >= 0.3 is 6.09 Å². The van der Waals surface area contributed by atoms with Crippen LogP contribution in [0.2, 0.25) is 0 Å². The van der Waals surface area contributed by atoms with Crippen LogP contribution < -0.4 is 4.74 Å². The molecule has 1 aliphatic heterocycles. The van der Waals surface area contributed by atoms with Crippen molar-refractivity contribution in [2.45, 2.75) is 39.2 Å². The van der Waals surface area contributed by atoms with Gasteiger partial charge in [0.05, 0.1) is 17.6 Å². The molecule has 24 heavy (non-hydrogen) atoms. The maximum atomic E-state index is 12.0. The Hall–Kier alpha value is -2.31. The van der Waals surface area contributed by atoms with E-state index < -0.39 is 10.5 Å². The van der Waals surface area contributed by atoms with Gasteiger partial charge in [-0.15, -0.1) is 0 Å². The van der Waals surface area contributed by atoms with Crippen molar-refractivity contribution < 1.29 is 19.2 Å². The van der Waals surface area contributed by atoms with Crippen LogP contribution in [0.1, 0.15) is 33.6 Å². The highest BCUT2D eigenvalue weighted by molar-refractivity contribution is 5.68. The Bertz CT molecular complexity index is 589. The lowest BCUT2D eigenvalue weighted by Gasteiger charge is -2.33. The Morgan fingerprint density at radius 1 is 1.33 bits per heavy atom. The molecule has 0 radical (unpaired) electrons. The van der Waals surface area contributed by atoms with Crippen molar-refractivity contribution in [2.24, 2.45) is 5.92 Å². The van der Waals surface area contributed by atoms with Gasteiger partial charge in [0.2, 0.25) is 0 Å². The molecule has 2 rings (SSSR count). The number of benzene rings is 1. The molecule has 0 saturated carbocycles. The van der Waals surface area contributed by atoms with Crippen molar-refractivity contribution in [1.82, 2.24) is 4.90 Å². The summed E-state index contributed by atoms with van der Waals surface area (Å²) in [7, 11) is 0. The predicted octanol–water partition coefficient (Wildman–Crippen LogP) is 3.62. The van der Waals surface area contributed by atoms with E-state index in [9.17, 15) is 14.9 Å². The zero-order valence-corrected chi connectivity index (χ0v) is 14.4. The lowest BCUT2D eigenvalue weighted by molar-refractivity contribution is -0.384. The van der Waals surface area contributed by atoms with Gasteiger partial charge in [0.15, 0.2) is 0 Å². The highest BCUT2D eigenvalue weighted by Crippen LogP contribution is 2.23. The quantitative estimate of drug-likeness (QED) is 0.619. The van der Waals surface area contributed by atoms with Gasteiger partial charge < -0.3 is 14.4 Å². The summed E-state index contributed by atoms with van der Waals surface area (Å²) in [5, 5.41) is 10.8. The lowest BCUT2D eigenvalue weighted by atomic mass is 9.98. The number of carbonyl (C=O) groups excluding carboxylic acids is 1. The van der Waals surface area contributed by atoms with Crippen molar-refractivity contribution in [1.29, 1.82) is 0 Å². The van der Waals surface area contributed by atoms with Gasteiger partial charge in [-0.1, -0.05) is 6.07 Å². The number of amides is 1. The number of piperidine rings is 1. The molecule has 0 unspecified atom stereocenters. The first-order valence-corrected chi connectivity index (χ1v) is 8.10. The van der Waals surface area contributed by atoms with Gasteiger partial charge in [-0.3, -0.25) is 10.1 Å². The minimum absolute atomic E-state index is 0.0206. The van der Waals surface area contributed by atoms with E-state index in [0.29, 0.717) is 31.4 Å². The number of hydrogen-bond acceptors (Lipinski definition) is 5. The van der Waals surface area contributed by atoms with Crippen LogP contribution in [0.3, 0.4) is 0 Å². The molecule has 0 aromatic heterocycles. The maximum absolute atomic E-state index is 12.0. The average Bonchev–Trinajstić information content (AvgIpc) is 2.52. The molecule has 1 heterocycles. The molecular weight excluding hydrogens is 312 g/mol. The molecule has 132 valence electrons. The Balaban J connectivity index is 1.78. The smallest absolute Gasteiger partial charge is 0.410 e. The first kappa shape index (κ1) is 18.0. The van der Waals surface area contributed by atoms with E-state index in [1.807, 2.05) is 20.8 Å². The van der Waals surface area contributed by atoms with E-state index in [4.69, 9.17) is 9.47 Å². The molecular formula is C17H24N2O5. The zero-order chi connectivity index (χ0) is 17.7. The molecule has 1 aliphatic rings. The number of nitrogens with zero attached hydrogens (tertiary/aromatic N) is 2. The Labute approximate surface area is 141 Å². The van der Waals surface area contributed by atoms with Crippen molar-refractivity contribution in [3.8, 4) is 5.75 Å². The summed E-state index contributed by atoms with van der Waals surface area (Å²) in [6.07, 6.45) is 1.38. The van der Waals surface area contributed by atoms with Crippen LogP contribution in [-0.2, 0) is 4.74 Å². The number of likely N-dealkylation sites (tertiary alicyclic amines) is 1. The van der Waals surface area contributed by atoms with Gasteiger partial charge in [-0.2, -0.15) is 0 Å². The molecule has 1 aromatic carbocycles. The number of nitro benzene ring substituents is 1. The maximum Gasteiger partial charge on any atom is 0.410 e. The molecule has 7 nitrogen and oxygen atoms in total. The summed E-state index contributed by atoms with van der Waals surface area (Å²) in [6.45, 7) is 7.32. The van der Waals surface area contributed by atoms with E-state index in [2.05, 4.69) is 0 Å². The molecule has 7 heteroatoms. The molecule has 0 aliphatic carbocycles. The monoisotopic (exact) mass is 336 g/mol. The lowest BCUT2D eigenvalue weighted by Crippen LogP contribution is -2.42. The number of carbonyl (C=O) groups is 1. The van der Waals surface area contributed by atoms with Gasteiger partial charge in [0, 0.05) is 19.2 Å². The second kappa shape index (κ2) is 7.51. The molecule has 0 N–H and O–H groups in total. The van der Waals surface area contributed by atoms with Crippen molar-refractivity contribution in [2.75, 3.05) is 19.7 Å². The van der Waals surface area contributed by atoms with E-state index in [1.165, 1.54) is 12.1 Å². The first-order valence-electron chi connectivity index (χ1n) is 8.10. The number of hydrogen-bond donors (Lipinski definition) is 0. The molecule has 0 atom stereocenters. The topological polar surface area (TPSA) is 81.9 Å². The van der Waals surface area contributed by atoms with Crippen LogP contribution in [0, 0.1) is 16.0 Å². The van der Waals surface area contributed by atoms with Crippen molar-refractivity contribution in [3.63, 3.8) is 0 Å². The summed E-state index contributed by atoms with van der Waals surface area (Å²) >= 11 is 0. The van der Waals surface area contributed by atoms with E-state index in [-0.39, 0.29) is 11.8 Å². The van der Waals surface area contributed by atoms with Crippen LogP contribution in [0.15, 0.2) is 24.3 Å². The fraction of sp³-hybridized carbons (Fsp3) is 0.588. The SMILES string of the molecule is CC(C)(C)OC(=O)N1CCC(COc2cccc([N+](=O)[O-])c2)CC1. The molecule has 1 amide bonds. The second-order valence-electron chi connectivity index (χ2n) is 6.98. The zero-order valence-electron chi connectivity index (χ0n) is 14.4. The van der Waals surface area contributed by atoms with E-state index >= 15 is 0 Å². The highest BCUT2D eigenvalue weighted by atomic mass is 16.6. The van der Waals surface area contributed by atoms with E-state index in [1.54, 1.807) is 17.0 Å². The van der Waals surface area contributed by atoms with Crippen LogP contribution in [0.4, 0.5) is 10.5 Å².